The first-order valence-electron chi connectivity index (χ1n) is 6.39. The summed E-state index contributed by atoms with van der Waals surface area (Å²) in [6.45, 7) is 5.48. The van der Waals surface area contributed by atoms with Crippen LogP contribution in [-0.4, -0.2) is 36.8 Å². The number of nitrogens with one attached hydrogen (secondary N) is 1. The zero-order valence-corrected chi connectivity index (χ0v) is 10.9. The Hall–Kier alpha value is -1.55. The van der Waals surface area contributed by atoms with Crippen LogP contribution in [0.25, 0.3) is 0 Å². The number of aliphatic hydroxyl groups excluding tert-OH is 1. The molecule has 98 valence electrons. The molecule has 1 aromatic carbocycles. The van der Waals surface area contributed by atoms with Crippen LogP contribution >= 0.6 is 0 Å². The van der Waals surface area contributed by atoms with Gasteiger partial charge >= 0.3 is 0 Å². The summed E-state index contributed by atoms with van der Waals surface area (Å²) in [5.41, 5.74) is 2.27. The summed E-state index contributed by atoms with van der Waals surface area (Å²) < 4.78 is 0. The average Bonchev–Trinajstić information content (AvgIpc) is 2.38. The van der Waals surface area contributed by atoms with Gasteiger partial charge in [-0.2, -0.15) is 0 Å². The van der Waals surface area contributed by atoms with Crippen LogP contribution in [-0.2, 0) is 4.79 Å². The minimum Gasteiger partial charge on any atom is -0.394 e. The Labute approximate surface area is 108 Å². The molecule has 1 saturated heterocycles. The fourth-order valence-corrected chi connectivity index (χ4v) is 2.42. The molecule has 1 aromatic rings. The number of hydrogen-bond donors (Lipinski definition) is 2. The quantitative estimate of drug-likeness (QED) is 0.842. The molecule has 1 aliphatic rings. The molecule has 0 aliphatic carbocycles. The number of hydrogen-bond acceptors (Lipinski definition) is 3. The summed E-state index contributed by atoms with van der Waals surface area (Å²) in [6, 6.07) is 7.62. The molecule has 2 rings (SSSR count). The number of carbonyl (C=O) groups excluding carboxylic acids is 1. The number of anilines is 1. The molecule has 4 nitrogen and oxygen atoms in total. The molecule has 1 unspecified atom stereocenters. The standard InChI is InChI=1S/C14H20N2O2/c1-10(2)11-5-3-4-6-12(11)16-8-7-15-14(18)13(16)9-17/h3-6,10,13,17H,7-9H2,1-2H3,(H,15,18). The van der Waals surface area contributed by atoms with Gasteiger partial charge in [-0.1, -0.05) is 32.0 Å². The lowest BCUT2D eigenvalue weighted by Gasteiger charge is -2.37. The van der Waals surface area contributed by atoms with Gasteiger partial charge in [-0.05, 0) is 17.5 Å². The molecule has 0 radical (unpaired) electrons. The van der Waals surface area contributed by atoms with Gasteiger partial charge in [-0.25, -0.2) is 0 Å². The summed E-state index contributed by atoms with van der Waals surface area (Å²) in [5, 5.41) is 12.2. The number of benzene rings is 1. The number of carbonyl (C=O) groups is 1. The van der Waals surface area contributed by atoms with Gasteiger partial charge in [0, 0.05) is 18.8 Å². The molecule has 2 N–H and O–H groups in total. The van der Waals surface area contributed by atoms with Crippen LogP contribution in [0, 0.1) is 0 Å². The Bertz CT molecular complexity index is 432. The maximum absolute atomic E-state index is 11.8. The van der Waals surface area contributed by atoms with E-state index in [1.807, 2.05) is 23.1 Å². The molecule has 1 fully saturated rings. The molecule has 1 aliphatic heterocycles. The van der Waals surface area contributed by atoms with Crippen molar-refractivity contribution in [3.63, 3.8) is 0 Å². The molecular formula is C14H20N2O2. The number of amides is 1. The summed E-state index contributed by atoms with van der Waals surface area (Å²) in [5.74, 6) is 0.299. The van der Waals surface area contributed by atoms with Crippen molar-refractivity contribution in [2.45, 2.75) is 25.8 Å². The van der Waals surface area contributed by atoms with E-state index in [-0.39, 0.29) is 12.5 Å². The van der Waals surface area contributed by atoms with Crippen LogP contribution in [0.5, 0.6) is 0 Å². The third-order valence-corrected chi connectivity index (χ3v) is 3.37. The predicted octanol–water partition coefficient (Wildman–Crippen LogP) is 1.11. The van der Waals surface area contributed by atoms with Crippen molar-refractivity contribution in [2.75, 3.05) is 24.6 Å². The first-order chi connectivity index (χ1) is 8.65. The number of rotatable bonds is 3. The highest BCUT2D eigenvalue weighted by Crippen LogP contribution is 2.29. The highest BCUT2D eigenvalue weighted by molar-refractivity contribution is 5.87. The molecule has 1 atom stereocenters. The first-order valence-corrected chi connectivity index (χ1v) is 6.39. The number of para-hydroxylation sites is 1. The molecular weight excluding hydrogens is 228 g/mol. The first kappa shape index (κ1) is 12.9. The Morgan fingerprint density at radius 1 is 1.44 bits per heavy atom. The number of aliphatic hydroxyl groups is 1. The van der Waals surface area contributed by atoms with Gasteiger partial charge < -0.3 is 15.3 Å². The lowest BCUT2D eigenvalue weighted by molar-refractivity contribution is -0.124. The van der Waals surface area contributed by atoms with Crippen molar-refractivity contribution >= 4 is 11.6 Å². The maximum atomic E-state index is 11.8. The van der Waals surface area contributed by atoms with Crippen LogP contribution in [0.2, 0.25) is 0 Å². The summed E-state index contributed by atoms with van der Waals surface area (Å²) in [7, 11) is 0. The summed E-state index contributed by atoms with van der Waals surface area (Å²) in [6.07, 6.45) is 0. The summed E-state index contributed by atoms with van der Waals surface area (Å²) >= 11 is 0. The number of nitrogens with zero attached hydrogens (tertiary/aromatic N) is 1. The number of piperazine rings is 1. The molecule has 1 heterocycles. The molecule has 0 spiro atoms. The SMILES string of the molecule is CC(C)c1ccccc1N1CCNC(=O)C1CO. The normalized spacial score (nSPS) is 20.1. The van der Waals surface area contributed by atoms with Crippen LogP contribution in [0.15, 0.2) is 24.3 Å². The van der Waals surface area contributed by atoms with Gasteiger partial charge in [0.2, 0.25) is 5.91 Å². The monoisotopic (exact) mass is 248 g/mol. The molecule has 1 amide bonds. The van der Waals surface area contributed by atoms with Crippen molar-refractivity contribution in [2.24, 2.45) is 0 Å². The smallest absolute Gasteiger partial charge is 0.245 e. The Morgan fingerprint density at radius 3 is 2.83 bits per heavy atom. The molecule has 18 heavy (non-hydrogen) atoms. The third-order valence-electron chi connectivity index (χ3n) is 3.37. The van der Waals surface area contributed by atoms with Crippen LogP contribution in [0.3, 0.4) is 0 Å². The van der Waals surface area contributed by atoms with E-state index < -0.39 is 6.04 Å². The molecule has 0 aromatic heterocycles. The third kappa shape index (κ3) is 2.34. The van der Waals surface area contributed by atoms with E-state index >= 15 is 0 Å². The lowest BCUT2D eigenvalue weighted by atomic mass is 9.99. The van der Waals surface area contributed by atoms with E-state index in [4.69, 9.17) is 0 Å². The van der Waals surface area contributed by atoms with E-state index in [1.54, 1.807) is 0 Å². The van der Waals surface area contributed by atoms with Gasteiger partial charge in [-0.15, -0.1) is 0 Å². The van der Waals surface area contributed by atoms with Gasteiger partial charge in [0.25, 0.3) is 0 Å². The minimum absolute atomic E-state index is 0.0951. The van der Waals surface area contributed by atoms with Crippen molar-refractivity contribution in [1.29, 1.82) is 0 Å². The molecule has 0 bridgehead atoms. The Kier molecular flexibility index (Phi) is 3.87. The molecule has 4 heteroatoms. The second kappa shape index (κ2) is 5.40. The Morgan fingerprint density at radius 2 is 2.17 bits per heavy atom. The van der Waals surface area contributed by atoms with Crippen LogP contribution < -0.4 is 10.2 Å². The van der Waals surface area contributed by atoms with Gasteiger partial charge in [0.15, 0.2) is 0 Å². The van der Waals surface area contributed by atoms with E-state index in [0.29, 0.717) is 12.5 Å². The highest BCUT2D eigenvalue weighted by atomic mass is 16.3. The fourth-order valence-electron chi connectivity index (χ4n) is 2.42. The van der Waals surface area contributed by atoms with Crippen molar-refractivity contribution in [3.05, 3.63) is 29.8 Å². The Balaban J connectivity index is 2.37. The van der Waals surface area contributed by atoms with Crippen LogP contribution in [0.1, 0.15) is 25.3 Å². The van der Waals surface area contributed by atoms with E-state index in [2.05, 4.69) is 25.2 Å². The van der Waals surface area contributed by atoms with Crippen molar-refractivity contribution < 1.29 is 9.90 Å². The average molecular weight is 248 g/mol. The second-order valence-corrected chi connectivity index (χ2v) is 4.90. The van der Waals surface area contributed by atoms with Crippen molar-refractivity contribution in [3.8, 4) is 0 Å². The van der Waals surface area contributed by atoms with Crippen LogP contribution in [0.4, 0.5) is 5.69 Å². The predicted molar refractivity (Wildman–Crippen MR) is 71.8 cm³/mol. The van der Waals surface area contributed by atoms with E-state index in [0.717, 1.165) is 12.2 Å². The second-order valence-electron chi connectivity index (χ2n) is 4.90. The van der Waals surface area contributed by atoms with Gasteiger partial charge in [0.05, 0.1) is 6.61 Å². The van der Waals surface area contributed by atoms with Gasteiger partial charge in [0.1, 0.15) is 6.04 Å². The van der Waals surface area contributed by atoms with Gasteiger partial charge in [-0.3, -0.25) is 4.79 Å². The maximum Gasteiger partial charge on any atom is 0.245 e. The van der Waals surface area contributed by atoms with E-state index in [1.165, 1.54) is 5.56 Å². The lowest BCUT2D eigenvalue weighted by Crippen LogP contribution is -2.57. The summed E-state index contributed by atoms with van der Waals surface area (Å²) in [4.78, 5) is 13.8. The topological polar surface area (TPSA) is 52.6 Å². The highest BCUT2D eigenvalue weighted by Gasteiger charge is 2.30. The zero-order chi connectivity index (χ0) is 13.1. The minimum atomic E-state index is -0.473. The zero-order valence-electron chi connectivity index (χ0n) is 10.9. The van der Waals surface area contributed by atoms with E-state index in [9.17, 15) is 9.90 Å². The fraction of sp³-hybridized carbons (Fsp3) is 0.500. The molecule has 0 saturated carbocycles. The van der Waals surface area contributed by atoms with Crippen molar-refractivity contribution in [1.82, 2.24) is 5.32 Å². The largest absolute Gasteiger partial charge is 0.394 e.